The van der Waals surface area contributed by atoms with Crippen molar-refractivity contribution in [3.8, 4) is 11.5 Å². The van der Waals surface area contributed by atoms with E-state index in [9.17, 15) is 9.90 Å². The molecule has 1 aliphatic carbocycles. The van der Waals surface area contributed by atoms with Crippen molar-refractivity contribution in [1.29, 1.82) is 0 Å². The molecule has 20 heavy (non-hydrogen) atoms. The molecule has 0 bridgehead atoms. The Bertz CT molecular complexity index is 556. The molecule has 3 N–H and O–H groups in total. The molecule has 1 aromatic rings. The van der Waals surface area contributed by atoms with Crippen LogP contribution in [0.2, 0.25) is 0 Å². The summed E-state index contributed by atoms with van der Waals surface area (Å²) in [4.78, 5) is 11.2. The van der Waals surface area contributed by atoms with Gasteiger partial charge >= 0.3 is 5.97 Å². The van der Waals surface area contributed by atoms with E-state index in [1.54, 1.807) is 12.1 Å². The Kier molecular flexibility index (Phi) is 3.38. The van der Waals surface area contributed by atoms with Gasteiger partial charge < -0.3 is 20.3 Å². The number of ether oxygens (including phenoxy) is 2. The topological polar surface area (TPSA) is 81.8 Å². The van der Waals surface area contributed by atoms with E-state index in [2.05, 4.69) is 15.9 Å². The van der Waals surface area contributed by atoms with E-state index < -0.39 is 11.9 Å². The molecule has 6 heteroatoms. The summed E-state index contributed by atoms with van der Waals surface area (Å²) >= 11 is 3.43. The van der Waals surface area contributed by atoms with Gasteiger partial charge in [-0.25, -0.2) is 0 Å². The number of carboxylic acids is 1. The zero-order valence-corrected chi connectivity index (χ0v) is 12.5. The number of nitrogens with two attached hydrogens (primary N) is 1. The van der Waals surface area contributed by atoms with E-state index in [1.165, 1.54) is 0 Å². The predicted octanol–water partition coefficient (Wildman–Crippen LogP) is 2.13. The van der Waals surface area contributed by atoms with E-state index >= 15 is 0 Å². The van der Waals surface area contributed by atoms with Crippen LogP contribution in [0.5, 0.6) is 11.5 Å². The molecule has 1 unspecified atom stereocenters. The van der Waals surface area contributed by atoms with Gasteiger partial charge in [-0.05, 0) is 46.5 Å². The highest BCUT2D eigenvalue weighted by Gasteiger charge is 2.46. The minimum atomic E-state index is -0.937. The maximum absolute atomic E-state index is 11.2. The maximum atomic E-state index is 11.2. The van der Waals surface area contributed by atoms with Gasteiger partial charge in [0.1, 0.15) is 0 Å². The first-order valence-electron chi connectivity index (χ1n) is 6.57. The number of rotatable bonds is 3. The van der Waals surface area contributed by atoms with Crippen LogP contribution in [0.15, 0.2) is 16.6 Å². The molecule has 2 aliphatic rings. The number of benzene rings is 1. The lowest BCUT2D eigenvalue weighted by Crippen LogP contribution is -2.21. The molecule has 108 valence electrons. The lowest BCUT2D eigenvalue weighted by molar-refractivity contribution is -0.138. The van der Waals surface area contributed by atoms with Crippen molar-refractivity contribution in [3.05, 3.63) is 22.2 Å². The molecule has 1 fully saturated rings. The smallest absolute Gasteiger partial charge is 0.312 e. The van der Waals surface area contributed by atoms with Crippen molar-refractivity contribution in [2.75, 3.05) is 19.8 Å². The Morgan fingerprint density at radius 1 is 1.40 bits per heavy atom. The van der Waals surface area contributed by atoms with Gasteiger partial charge in [0, 0.05) is 12.0 Å². The molecule has 1 spiro atoms. The number of fused-ring (bicyclic) bond motifs is 1. The van der Waals surface area contributed by atoms with E-state index in [0.29, 0.717) is 34.7 Å². The Hall–Kier alpha value is -1.27. The fourth-order valence-electron chi connectivity index (χ4n) is 2.38. The van der Waals surface area contributed by atoms with Gasteiger partial charge in [0.05, 0.1) is 23.6 Å². The molecule has 3 rings (SSSR count). The summed E-state index contributed by atoms with van der Waals surface area (Å²) in [6.45, 7) is 1.32. The lowest BCUT2D eigenvalue weighted by Gasteiger charge is -2.15. The number of carboxylic acid groups (broad SMARTS) is 1. The molecule has 0 radical (unpaired) electrons. The largest absolute Gasteiger partial charge is 0.489 e. The Morgan fingerprint density at radius 3 is 2.70 bits per heavy atom. The molecule has 0 saturated heterocycles. The zero-order valence-electron chi connectivity index (χ0n) is 10.9. The Morgan fingerprint density at radius 2 is 2.10 bits per heavy atom. The van der Waals surface area contributed by atoms with Crippen molar-refractivity contribution >= 4 is 21.9 Å². The highest BCUT2D eigenvalue weighted by molar-refractivity contribution is 9.10. The second-order valence-electron chi connectivity index (χ2n) is 5.53. The summed E-state index contributed by atoms with van der Waals surface area (Å²) in [6.07, 6.45) is 2.23. The molecule has 5 nitrogen and oxygen atoms in total. The van der Waals surface area contributed by atoms with Crippen LogP contribution >= 0.6 is 15.9 Å². The van der Waals surface area contributed by atoms with Gasteiger partial charge in [0.15, 0.2) is 11.5 Å². The van der Waals surface area contributed by atoms with Crippen LogP contribution in [0.4, 0.5) is 0 Å². The fraction of sp³-hybridized carbons (Fsp3) is 0.500. The van der Waals surface area contributed by atoms with Crippen LogP contribution in [0.3, 0.4) is 0 Å². The normalized spacial score (nSPS) is 20.3. The van der Waals surface area contributed by atoms with Gasteiger partial charge in [-0.1, -0.05) is 0 Å². The minimum Gasteiger partial charge on any atom is -0.489 e. The van der Waals surface area contributed by atoms with Crippen molar-refractivity contribution < 1.29 is 19.4 Å². The summed E-state index contributed by atoms with van der Waals surface area (Å²) in [5.74, 6) is -0.428. The Balaban J connectivity index is 1.95. The SMILES string of the molecule is NCC(C(=O)O)c1cc(Br)c2c(c1)OCC1(CC1)CO2. The van der Waals surface area contributed by atoms with Gasteiger partial charge in [-0.2, -0.15) is 0 Å². The van der Waals surface area contributed by atoms with Crippen LogP contribution in [0.25, 0.3) is 0 Å². The van der Waals surface area contributed by atoms with Crippen LogP contribution in [0, 0.1) is 5.41 Å². The first kappa shape index (κ1) is 13.7. The number of halogens is 1. The third kappa shape index (κ3) is 2.38. The minimum absolute atomic E-state index is 0.0470. The summed E-state index contributed by atoms with van der Waals surface area (Å²) in [7, 11) is 0. The summed E-state index contributed by atoms with van der Waals surface area (Å²) < 4.78 is 12.4. The first-order valence-corrected chi connectivity index (χ1v) is 7.36. The van der Waals surface area contributed by atoms with Crippen molar-refractivity contribution in [1.82, 2.24) is 0 Å². The second-order valence-corrected chi connectivity index (χ2v) is 6.39. The Labute approximate surface area is 125 Å². The molecule has 1 saturated carbocycles. The van der Waals surface area contributed by atoms with E-state index in [0.717, 1.165) is 12.8 Å². The molecule has 1 aromatic carbocycles. The van der Waals surface area contributed by atoms with Crippen LogP contribution < -0.4 is 15.2 Å². The predicted molar refractivity (Wildman–Crippen MR) is 76.2 cm³/mol. The van der Waals surface area contributed by atoms with Gasteiger partial charge in [0.25, 0.3) is 0 Å². The van der Waals surface area contributed by atoms with Crippen molar-refractivity contribution in [3.63, 3.8) is 0 Å². The van der Waals surface area contributed by atoms with Crippen LogP contribution in [0.1, 0.15) is 24.3 Å². The van der Waals surface area contributed by atoms with Crippen molar-refractivity contribution in [2.24, 2.45) is 11.1 Å². The number of hydrogen-bond acceptors (Lipinski definition) is 4. The molecule has 1 aliphatic heterocycles. The standard InChI is InChI=1S/C14H16BrNO4/c15-10-3-8(9(5-16)13(17)18)4-11-12(10)20-7-14(1-2-14)6-19-11/h3-4,9H,1-2,5-7,16H2,(H,17,18). The quantitative estimate of drug-likeness (QED) is 0.879. The van der Waals surface area contributed by atoms with Gasteiger partial charge in [-0.3, -0.25) is 4.79 Å². The third-order valence-corrected chi connectivity index (χ3v) is 4.57. The fourth-order valence-corrected chi connectivity index (χ4v) is 2.95. The van der Waals surface area contributed by atoms with Crippen LogP contribution in [-0.2, 0) is 4.79 Å². The molecule has 1 atom stereocenters. The molecule has 0 amide bonds. The van der Waals surface area contributed by atoms with E-state index in [4.69, 9.17) is 15.2 Å². The van der Waals surface area contributed by atoms with Crippen molar-refractivity contribution in [2.45, 2.75) is 18.8 Å². The second kappa shape index (κ2) is 4.93. The van der Waals surface area contributed by atoms with E-state index in [1.807, 2.05) is 0 Å². The van der Waals surface area contributed by atoms with E-state index in [-0.39, 0.29) is 12.0 Å². The first-order chi connectivity index (χ1) is 9.54. The third-order valence-electron chi connectivity index (χ3n) is 3.98. The molecule has 1 heterocycles. The number of carbonyl (C=O) groups is 1. The monoisotopic (exact) mass is 341 g/mol. The summed E-state index contributed by atoms with van der Waals surface area (Å²) in [5.41, 5.74) is 6.32. The number of aliphatic carboxylic acids is 1. The molecular weight excluding hydrogens is 326 g/mol. The summed E-state index contributed by atoms with van der Waals surface area (Å²) in [5, 5.41) is 9.20. The summed E-state index contributed by atoms with van der Waals surface area (Å²) in [6, 6.07) is 3.48. The van der Waals surface area contributed by atoms with Gasteiger partial charge in [0.2, 0.25) is 0 Å². The van der Waals surface area contributed by atoms with Crippen LogP contribution in [-0.4, -0.2) is 30.8 Å². The molecule has 0 aromatic heterocycles. The highest BCUT2D eigenvalue weighted by Crippen LogP contribution is 2.50. The van der Waals surface area contributed by atoms with Gasteiger partial charge in [-0.15, -0.1) is 0 Å². The average molecular weight is 342 g/mol. The number of hydrogen-bond donors (Lipinski definition) is 2. The zero-order chi connectivity index (χ0) is 14.3. The maximum Gasteiger partial charge on any atom is 0.312 e. The molecular formula is C14H16BrNO4. The highest BCUT2D eigenvalue weighted by atomic mass is 79.9. The average Bonchev–Trinajstić information content (AvgIpc) is 3.18. The lowest BCUT2D eigenvalue weighted by atomic mass is 9.99.